The average Bonchev–Trinajstić information content (AvgIpc) is 3.02. The van der Waals surface area contributed by atoms with E-state index in [0.29, 0.717) is 31.9 Å². The summed E-state index contributed by atoms with van der Waals surface area (Å²) in [6.07, 6.45) is 1.60. The molecule has 2 aromatic rings. The molecule has 0 bridgehead atoms. The van der Waals surface area contributed by atoms with Crippen LogP contribution < -0.4 is 11.1 Å². The van der Waals surface area contributed by atoms with Crippen molar-refractivity contribution in [2.75, 3.05) is 26.2 Å². The fourth-order valence-corrected chi connectivity index (χ4v) is 3.28. The number of amides is 2. The van der Waals surface area contributed by atoms with Gasteiger partial charge in [0.15, 0.2) is 5.76 Å². The zero-order valence-electron chi connectivity index (χ0n) is 14.8. The van der Waals surface area contributed by atoms with Gasteiger partial charge in [-0.15, -0.1) is 0 Å². The van der Waals surface area contributed by atoms with Gasteiger partial charge in [-0.2, -0.15) is 0 Å². The van der Waals surface area contributed by atoms with Gasteiger partial charge in [0.1, 0.15) is 5.58 Å². The number of nitrogens with two attached hydrogens (primary N) is 1. The highest BCUT2D eigenvalue weighted by Gasteiger charge is 2.30. The molecular weight excluding hydrogens is 318 g/mol. The van der Waals surface area contributed by atoms with E-state index in [2.05, 4.69) is 5.32 Å². The van der Waals surface area contributed by atoms with Crippen LogP contribution in [0.3, 0.4) is 0 Å². The summed E-state index contributed by atoms with van der Waals surface area (Å²) < 4.78 is 5.77. The van der Waals surface area contributed by atoms with Crippen LogP contribution in [-0.2, 0) is 4.79 Å². The Labute approximate surface area is 147 Å². The van der Waals surface area contributed by atoms with Crippen LogP contribution >= 0.6 is 0 Å². The van der Waals surface area contributed by atoms with Gasteiger partial charge in [-0.05, 0) is 56.0 Å². The first-order chi connectivity index (χ1) is 12.0. The van der Waals surface area contributed by atoms with Crippen molar-refractivity contribution >= 4 is 22.8 Å². The lowest BCUT2D eigenvalue weighted by Gasteiger charge is -2.31. The number of furan rings is 1. The molecule has 1 fully saturated rings. The van der Waals surface area contributed by atoms with Gasteiger partial charge in [-0.25, -0.2) is 0 Å². The molecule has 1 aliphatic rings. The largest absolute Gasteiger partial charge is 0.451 e. The summed E-state index contributed by atoms with van der Waals surface area (Å²) in [5.74, 6) is -0.0252. The second-order valence-electron chi connectivity index (χ2n) is 6.75. The van der Waals surface area contributed by atoms with Crippen LogP contribution in [0, 0.1) is 19.8 Å². The monoisotopic (exact) mass is 343 g/mol. The predicted molar refractivity (Wildman–Crippen MR) is 96.4 cm³/mol. The van der Waals surface area contributed by atoms with Crippen LogP contribution in [0.15, 0.2) is 22.6 Å². The molecule has 6 nitrogen and oxygen atoms in total. The summed E-state index contributed by atoms with van der Waals surface area (Å²) in [4.78, 5) is 26.7. The molecule has 0 saturated carbocycles. The molecule has 1 atom stereocenters. The average molecular weight is 343 g/mol. The lowest BCUT2D eigenvalue weighted by Crippen LogP contribution is -2.46. The Morgan fingerprint density at radius 2 is 2.04 bits per heavy atom. The Balaban J connectivity index is 1.75. The lowest BCUT2D eigenvalue weighted by atomic mass is 9.97. The molecule has 1 aliphatic heterocycles. The predicted octanol–water partition coefficient (Wildman–Crippen LogP) is 1.98. The van der Waals surface area contributed by atoms with Crippen molar-refractivity contribution in [2.45, 2.75) is 26.7 Å². The van der Waals surface area contributed by atoms with E-state index in [0.717, 1.165) is 29.4 Å². The van der Waals surface area contributed by atoms with Crippen molar-refractivity contribution in [3.63, 3.8) is 0 Å². The molecule has 1 saturated heterocycles. The molecule has 1 unspecified atom stereocenters. The van der Waals surface area contributed by atoms with Gasteiger partial charge in [-0.1, -0.05) is 0 Å². The molecule has 1 aromatic carbocycles. The lowest BCUT2D eigenvalue weighted by molar-refractivity contribution is -0.126. The number of nitrogens with zero attached hydrogens (tertiary/aromatic N) is 1. The Bertz CT molecular complexity index is 758. The minimum Gasteiger partial charge on any atom is -0.451 e. The summed E-state index contributed by atoms with van der Waals surface area (Å²) in [6.45, 7) is 6.01. The van der Waals surface area contributed by atoms with Crippen LogP contribution in [0.5, 0.6) is 0 Å². The van der Waals surface area contributed by atoms with E-state index in [1.165, 1.54) is 5.56 Å². The van der Waals surface area contributed by atoms with Crippen LogP contribution in [0.25, 0.3) is 11.0 Å². The first kappa shape index (κ1) is 17.5. The number of likely N-dealkylation sites (tertiary alicyclic amines) is 1. The molecule has 0 spiro atoms. The molecule has 3 N–H and O–H groups in total. The van der Waals surface area contributed by atoms with E-state index < -0.39 is 0 Å². The number of aryl methyl sites for hydroxylation is 2. The standard InChI is InChI=1S/C19H25N3O3/c1-12-8-15-10-17(25-16(15)9-13(12)2)19(24)22-7-3-4-14(11-22)18(23)21-6-5-20/h8-10,14H,3-7,11,20H2,1-2H3,(H,21,23). The molecular formula is C19H25N3O3. The maximum atomic E-state index is 12.8. The van der Waals surface area contributed by atoms with Crippen molar-refractivity contribution in [3.05, 3.63) is 35.1 Å². The summed E-state index contributed by atoms with van der Waals surface area (Å²) in [5, 5.41) is 3.74. The molecule has 0 radical (unpaired) electrons. The third-order valence-corrected chi connectivity index (χ3v) is 4.87. The highest BCUT2D eigenvalue weighted by molar-refractivity contribution is 5.96. The second-order valence-corrected chi connectivity index (χ2v) is 6.75. The minimum atomic E-state index is -0.182. The fraction of sp³-hybridized carbons (Fsp3) is 0.474. The zero-order valence-corrected chi connectivity index (χ0v) is 14.8. The van der Waals surface area contributed by atoms with E-state index in [9.17, 15) is 9.59 Å². The van der Waals surface area contributed by atoms with Gasteiger partial charge in [-0.3, -0.25) is 9.59 Å². The van der Waals surface area contributed by atoms with Gasteiger partial charge in [0.2, 0.25) is 5.91 Å². The summed E-state index contributed by atoms with van der Waals surface area (Å²) >= 11 is 0. The van der Waals surface area contributed by atoms with E-state index in [1.54, 1.807) is 11.0 Å². The van der Waals surface area contributed by atoms with E-state index in [4.69, 9.17) is 10.2 Å². The van der Waals surface area contributed by atoms with E-state index >= 15 is 0 Å². The number of nitrogens with one attached hydrogen (secondary N) is 1. The van der Waals surface area contributed by atoms with Gasteiger partial charge in [0.05, 0.1) is 5.92 Å². The van der Waals surface area contributed by atoms with E-state index in [-0.39, 0.29) is 17.7 Å². The van der Waals surface area contributed by atoms with Crippen molar-refractivity contribution in [3.8, 4) is 0 Å². The number of carbonyl (C=O) groups excluding carboxylic acids is 2. The Morgan fingerprint density at radius 1 is 1.28 bits per heavy atom. The van der Waals surface area contributed by atoms with Crippen molar-refractivity contribution in [2.24, 2.45) is 11.7 Å². The van der Waals surface area contributed by atoms with Crippen molar-refractivity contribution in [1.29, 1.82) is 0 Å². The highest BCUT2D eigenvalue weighted by atomic mass is 16.3. The van der Waals surface area contributed by atoms with Crippen LogP contribution in [-0.4, -0.2) is 42.9 Å². The van der Waals surface area contributed by atoms with Gasteiger partial charge >= 0.3 is 0 Å². The highest BCUT2D eigenvalue weighted by Crippen LogP contribution is 2.25. The number of rotatable bonds is 4. The summed E-state index contributed by atoms with van der Waals surface area (Å²) in [6, 6.07) is 5.78. The van der Waals surface area contributed by atoms with Gasteiger partial charge in [0, 0.05) is 31.6 Å². The maximum Gasteiger partial charge on any atom is 0.289 e. The molecule has 1 aromatic heterocycles. The number of benzene rings is 1. The third-order valence-electron chi connectivity index (χ3n) is 4.87. The van der Waals surface area contributed by atoms with Crippen LogP contribution in [0.2, 0.25) is 0 Å². The second kappa shape index (κ2) is 7.27. The number of hydrogen-bond donors (Lipinski definition) is 2. The van der Waals surface area contributed by atoms with E-state index in [1.807, 2.05) is 26.0 Å². The van der Waals surface area contributed by atoms with Crippen molar-refractivity contribution in [1.82, 2.24) is 10.2 Å². The molecule has 2 heterocycles. The third kappa shape index (κ3) is 3.69. The topological polar surface area (TPSA) is 88.6 Å². The number of piperidine rings is 1. The molecule has 2 amide bonds. The SMILES string of the molecule is Cc1cc2cc(C(=O)N3CCCC(C(=O)NCCN)C3)oc2cc1C. The smallest absolute Gasteiger partial charge is 0.289 e. The quantitative estimate of drug-likeness (QED) is 0.888. The Hall–Kier alpha value is -2.34. The molecule has 25 heavy (non-hydrogen) atoms. The Kier molecular flexibility index (Phi) is 5.08. The first-order valence-corrected chi connectivity index (χ1v) is 8.77. The number of fused-ring (bicyclic) bond motifs is 1. The van der Waals surface area contributed by atoms with Crippen LogP contribution in [0.4, 0.5) is 0 Å². The minimum absolute atomic E-state index is 0.0289. The first-order valence-electron chi connectivity index (χ1n) is 8.77. The molecule has 3 rings (SSSR count). The number of hydrogen-bond acceptors (Lipinski definition) is 4. The summed E-state index contributed by atoms with van der Waals surface area (Å²) in [5.41, 5.74) is 8.45. The van der Waals surface area contributed by atoms with Crippen LogP contribution in [0.1, 0.15) is 34.5 Å². The summed E-state index contributed by atoms with van der Waals surface area (Å²) in [7, 11) is 0. The van der Waals surface area contributed by atoms with Gasteiger partial charge in [0.25, 0.3) is 5.91 Å². The fourth-order valence-electron chi connectivity index (χ4n) is 3.28. The van der Waals surface area contributed by atoms with Gasteiger partial charge < -0.3 is 20.4 Å². The molecule has 6 heteroatoms. The zero-order chi connectivity index (χ0) is 18.0. The molecule has 0 aliphatic carbocycles. The Morgan fingerprint density at radius 3 is 2.80 bits per heavy atom. The molecule has 134 valence electrons. The number of carbonyl (C=O) groups is 2. The maximum absolute atomic E-state index is 12.8. The normalized spacial score (nSPS) is 17.7. The van der Waals surface area contributed by atoms with Crippen molar-refractivity contribution < 1.29 is 14.0 Å².